The number of aliphatic hydroxyl groups excluding tert-OH is 1. The van der Waals surface area contributed by atoms with Crippen LogP contribution in [0.4, 0.5) is 0 Å². The lowest BCUT2D eigenvalue weighted by Crippen LogP contribution is -2.00. The lowest BCUT2D eigenvalue weighted by atomic mass is 10.1. The summed E-state index contributed by atoms with van der Waals surface area (Å²) in [6, 6.07) is 9.07. The molecule has 5 heteroatoms. The van der Waals surface area contributed by atoms with Gasteiger partial charge in [-0.25, -0.2) is 4.98 Å². The van der Waals surface area contributed by atoms with Gasteiger partial charge in [-0.2, -0.15) is 5.26 Å². The van der Waals surface area contributed by atoms with Crippen molar-refractivity contribution in [3.8, 4) is 6.07 Å². The number of aromatic nitrogens is 1. The van der Waals surface area contributed by atoms with E-state index in [0.29, 0.717) is 11.3 Å². The average molecular weight is 276 g/mol. The maximum atomic E-state index is 10.0. The zero-order valence-electron chi connectivity index (χ0n) is 9.83. The van der Waals surface area contributed by atoms with Gasteiger partial charge in [0.15, 0.2) is 0 Å². The van der Waals surface area contributed by atoms with Crippen LogP contribution in [0.2, 0.25) is 0 Å². The van der Waals surface area contributed by atoms with Gasteiger partial charge in [-0.05, 0) is 24.6 Å². The van der Waals surface area contributed by atoms with Crippen LogP contribution in [0.3, 0.4) is 0 Å². The number of aliphatic hydroxyl groups is 1. The number of hydrogen-bond donors (Lipinski definition) is 1. The van der Waals surface area contributed by atoms with Crippen molar-refractivity contribution in [1.29, 1.82) is 5.26 Å². The van der Waals surface area contributed by atoms with E-state index in [4.69, 9.17) is 5.26 Å². The fourth-order valence-corrected chi connectivity index (χ4v) is 3.27. The van der Waals surface area contributed by atoms with Crippen molar-refractivity contribution in [2.75, 3.05) is 5.75 Å². The summed E-state index contributed by atoms with van der Waals surface area (Å²) in [6.07, 6.45) is -0.535. The Kier molecular flexibility index (Phi) is 4.37. The molecular weight excluding hydrogens is 264 g/mol. The van der Waals surface area contributed by atoms with Crippen LogP contribution in [0.25, 0.3) is 0 Å². The van der Waals surface area contributed by atoms with Crippen LogP contribution in [0, 0.1) is 18.3 Å². The van der Waals surface area contributed by atoms with Gasteiger partial charge in [0.2, 0.25) is 0 Å². The summed E-state index contributed by atoms with van der Waals surface area (Å²) >= 11 is 3.14. The second kappa shape index (κ2) is 6.01. The minimum absolute atomic E-state index is 0.535. The van der Waals surface area contributed by atoms with Crippen LogP contribution in [-0.4, -0.2) is 15.8 Å². The Hall–Kier alpha value is -1.35. The summed E-state index contributed by atoms with van der Waals surface area (Å²) in [5.41, 5.74) is 2.44. The van der Waals surface area contributed by atoms with E-state index in [2.05, 4.69) is 11.1 Å². The number of hydrogen-bond acceptors (Lipinski definition) is 5. The standard InChI is InChI=1S/C13H12N2OS2/c1-9-7-17-13(15-9)18-8-12(16)11-4-2-10(6-14)3-5-11/h2-5,7,12,16H,8H2,1H3. The summed E-state index contributed by atoms with van der Waals surface area (Å²) in [5, 5.41) is 20.7. The molecular formula is C13H12N2OS2. The third kappa shape index (κ3) is 3.33. The fraction of sp³-hybridized carbons (Fsp3) is 0.231. The summed E-state index contributed by atoms with van der Waals surface area (Å²) in [5.74, 6) is 0.568. The average Bonchev–Trinajstić information content (AvgIpc) is 2.82. The smallest absolute Gasteiger partial charge is 0.150 e. The molecule has 1 aromatic carbocycles. The summed E-state index contributed by atoms with van der Waals surface area (Å²) in [4.78, 5) is 4.33. The highest BCUT2D eigenvalue weighted by molar-refractivity contribution is 8.01. The van der Waals surface area contributed by atoms with Crippen molar-refractivity contribution in [2.24, 2.45) is 0 Å². The van der Waals surface area contributed by atoms with Crippen LogP contribution < -0.4 is 0 Å². The maximum absolute atomic E-state index is 10.0. The highest BCUT2D eigenvalue weighted by Crippen LogP contribution is 2.27. The molecule has 1 heterocycles. The van der Waals surface area contributed by atoms with Crippen LogP contribution >= 0.6 is 23.1 Å². The molecule has 1 N–H and O–H groups in total. The van der Waals surface area contributed by atoms with Crippen molar-refractivity contribution in [3.63, 3.8) is 0 Å². The van der Waals surface area contributed by atoms with Crippen molar-refractivity contribution in [1.82, 2.24) is 4.98 Å². The Morgan fingerprint density at radius 1 is 1.44 bits per heavy atom. The highest BCUT2D eigenvalue weighted by Gasteiger charge is 2.09. The molecule has 0 aliphatic rings. The molecule has 2 rings (SSSR count). The van der Waals surface area contributed by atoms with Gasteiger partial charge in [-0.1, -0.05) is 23.9 Å². The number of nitrogens with zero attached hydrogens (tertiary/aromatic N) is 2. The minimum atomic E-state index is -0.535. The van der Waals surface area contributed by atoms with Gasteiger partial charge in [-0.3, -0.25) is 0 Å². The van der Waals surface area contributed by atoms with Crippen molar-refractivity contribution in [2.45, 2.75) is 17.4 Å². The lowest BCUT2D eigenvalue weighted by molar-refractivity contribution is 0.204. The monoisotopic (exact) mass is 276 g/mol. The fourth-order valence-electron chi connectivity index (χ4n) is 1.42. The topological polar surface area (TPSA) is 56.9 Å². The Bertz CT molecular complexity index is 557. The number of nitriles is 1. The quantitative estimate of drug-likeness (QED) is 0.872. The lowest BCUT2D eigenvalue weighted by Gasteiger charge is -2.09. The summed E-state index contributed by atoms with van der Waals surface area (Å²) in [7, 11) is 0. The molecule has 1 unspecified atom stereocenters. The van der Waals surface area contributed by atoms with E-state index in [-0.39, 0.29) is 0 Å². The molecule has 0 aliphatic carbocycles. The predicted molar refractivity (Wildman–Crippen MR) is 73.7 cm³/mol. The normalized spacial score (nSPS) is 12.1. The SMILES string of the molecule is Cc1csc(SCC(O)c2ccc(C#N)cc2)n1. The first-order chi connectivity index (χ1) is 8.69. The van der Waals surface area contributed by atoms with E-state index in [1.807, 2.05) is 12.3 Å². The molecule has 0 saturated carbocycles. The van der Waals surface area contributed by atoms with Gasteiger partial charge in [0.05, 0.1) is 17.7 Å². The van der Waals surface area contributed by atoms with Crippen LogP contribution in [0.5, 0.6) is 0 Å². The number of rotatable bonds is 4. The van der Waals surface area contributed by atoms with E-state index in [9.17, 15) is 5.11 Å². The summed E-state index contributed by atoms with van der Waals surface area (Å²) < 4.78 is 0.972. The Morgan fingerprint density at radius 2 is 2.17 bits per heavy atom. The van der Waals surface area contributed by atoms with E-state index >= 15 is 0 Å². The Balaban J connectivity index is 1.95. The van der Waals surface area contributed by atoms with Crippen molar-refractivity contribution < 1.29 is 5.11 Å². The number of thiazole rings is 1. The molecule has 1 atom stereocenters. The first-order valence-electron chi connectivity index (χ1n) is 5.42. The van der Waals surface area contributed by atoms with E-state index in [1.165, 1.54) is 0 Å². The molecule has 2 aromatic rings. The second-order valence-corrected chi connectivity index (χ2v) is 5.94. The second-order valence-electron chi connectivity index (χ2n) is 3.82. The predicted octanol–water partition coefficient (Wildman–Crippen LogP) is 3.15. The van der Waals surface area contributed by atoms with Crippen molar-refractivity contribution in [3.05, 3.63) is 46.5 Å². The highest BCUT2D eigenvalue weighted by atomic mass is 32.2. The number of aryl methyl sites for hydroxylation is 1. The van der Waals surface area contributed by atoms with Gasteiger partial charge in [0.1, 0.15) is 4.34 Å². The van der Waals surface area contributed by atoms with E-state index in [1.54, 1.807) is 47.4 Å². The third-order valence-corrected chi connectivity index (χ3v) is 4.60. The summed E-state index contributed by atoms with van der Waals surface area (Å²) in [6.45, 7) is 1.96. The zero-order chi connectivity index (χ0) is 13.0. The van der Waals surface area contributed by atoms with Crippen LogP contribution in [-0.2, 0) is 0 Å². The molecule has 0 fully saturated rings. The van der Waals surface area contributed by atoms with Gasteiger partial charge in [0.25, 0.3) is 0 Å². The van der Waals surface area contributed by atoms with E-state index in [0.717, 1.165) is 15.6 Å². The van der Waals surface area contributed by atoms with E-state index < -0.39 is 6.10 Å². The van der Waals surface area contributed by atoms with Gasteiger partial charge < -0.3 is 5.11 Å². The maximum Gasteiger partial charge on any atom is 0.150 e. The molecule has 0 radical (unpaired) electrons. The molecule has 3 nitrogen and oxygen atoms in total. The van der Waals surface area contributed by atoms with Crippen LogP contribution in [0.1, 0.15) is 22.9 Å². The molecule has 0 amide bonds. The zero-order valence-corrected chi connectivity index (χ0v) is 11.5. The van der Waals surface area contributed by atoms with Gasteiger partial charge in [0, 0.05) is 16.8 Å². The molecule has 0 aliphatic heterocycles. The number of benzene rings is 1. The third-order valence-electron chi connectivity index (χ3n) is 2.39. The molecule has 0 bridgehead atoms. The first-order valence-corrected chi connectivity index (χ1v) is 7.28. The number of thioether (sulfide) groups is 1. The molecule has 92 valence electrons. The molecule has 0 spiro atoms. The molecule has 1 aromatic heterocycles. The molecule has 0 saturated heterocycles. The first kappa shape index (κ1) is 13.1. The van der Waals surface area contributed by atoms with Gasteiger partial charge in [-0.15, -0.1) is 11.3 Å². The Labute approximate surface area is 114 Å². The van der Waals surface area contributed by atoms with Crippen LogP contribution in [0.15, 0.2) is 34.0 Å². The Morgan fingerprint density at radius 3 is 2.72 bits per heavy atom. The van der Waals surface area contributed by atoms with Crippen molar-refractivity contribution >= 4 is 23.1 Å². The largest absolute Gasteiger partial charge is 0.388 e. The minimum Gasteiger partial charge on any atom is -0.388 e. The molecule has 18 heavy (non-hydrogen) atoms. The van der Waals surface area contributed by atoms with Gasteiger partial charge >= 0.3 is 0 Å².